The molecule has 0 aliphatic heterocycles. The quantitative estimate of drug-likeness (QED) is 0.483. The Hall–Kier alpha value is -2.65. The van der Waals surface area contributed by atoms with E-state index in [9.17, 15) is 22.4 Å². The van der Waals surface area contributed by atoms with Gasteiger partial charge in [0.25, 0.3) is 0 Å². The summed E-state index contributed by atoms with van der Waals surface area (Å²) in [5.41, 5.74) is 0.919. The van der Waals surface area contributed by atoms with Crippen molar-refractivity contribution in [2.24, 2.45) is 0 Å². The highest BCUT2D eigenvalue weighted by Crippen LogP contribution is 2.23. The number of hydrogen-bond donors (Lipinski definition) is 1. The molecule has 0 aromatic heterocycles. The summed E-state index contributed by atoms with van der Waals surface area (Å²) in [5, 5.41) is 3.51. The minimum Gasteiger partial charge on any atom is -0.352 e. The molecule has 1 fully saturated rings. The molecule has 2 amide bonds. The van der Waals surface area contributed by atoms with E-state index in [0.717, 1.165) is 42.7 Å². The topological polar surface area (TPSA) is 86.8 Å². The van der Waals surface area contributed by atoms with Crippen molar-refractivity contribution in [2.45, 2.75) is 64.1 Å². The monoisotopic (exact) mass is 537 g/mol. The van der Waals surface area contributed by atoms with Gasteiger partial charge in [0.05, 0.1) is 11.9 Å². The van der Waals surface area contributed by atoms with Crippen LogP contribution in [0.3, 0.4) is 0 Å². The first-order valence-electron chi connectivity index (χ1n) is 12.2. The van der Waals surface area contributed by atoms with Crippen LogP contribution in [0.4, 0.5) is 10.1 Å². The Balaban J connectivity index is 1.89. The molecule has 0 radical (unpaired) electrons. The molecule has 7 nitrogen and oxygen atoms in total. The van der Waals surface area contributed by atoms with Gasteiger partial charge in [0.1, 0.15) is 18.4 Å². The van der Waals surface area contributed by atoms with Gasteiger partial charge in [-0.3, -0.25) is 13.9 Å². The Morgan fingerprint density at radius 1 is 1.06 bits per heavy atom. The second-order valence-corrected chi connectivity index (χ2v) is 11.5. The summed E-state index contributed by atoms with van der Waals surface area (Å²) in [5.74, 6) is -1.22. The molecule has 1 atom stereocenters. The van der Waals surface area contributed by atoms with Crippen molar-refractivity contribution in [3.8, 4) is 0 Å². The lowest BCUT2D eigenvalue weighted by atomic mass is 9.95. The molecule has 1 N–H and O–H groups in total. The molecule has 0 saturated heterocycles. The number of rotatable bonds is 10. The Kier molecular flexibility index (Phi) is 9.73. The zero-order valence-electron chi connectivity index (χ0n) is 20.6. The highest BCUT2D eigenvalue weighted by atomic mass is 35.5. The third-order valence-corrected chi connectivity index (χ3v) is 7.79. The van der Waals surface area contributed by atoms with Gasteiger partial charge < -0.3 is 10.2 Å². The number of anilines is 1. The molecule has 36 heavy (non-hydrogen) atoms. The maximum Gasteiger partial charge on any atom is 0.244 e. The molecular weight excluding hydrogens is 505 g/mol. The van der Waals surface area contributed by atoms with E-state index in [1.807, 2.05) is 6.92 Å². The Morgan fingerprint density at radius 3 is 2.22 bits per heavy atom. The third kappa shape index (κ3) is 7.67. The average Bonchev–Trinajstić information content (AvgIpc) is 2.84. The lowest BCUT2D eigenvalue weighted by molar-refractivity contribution is -0.140. The SMILES string of the molecule is CC[C@@H](C(=O)NC1CCCCC1)N(Cc1ccc(F)cc1)C(=O)CN(c1ccc(Cl)cc1)S(C)(=O)=O. The van der Waals surface area contributed by atoms with Gasteiger partial charge in [-0.25, -0.2) is 12.8 Å². The number of hydrogen-bond acceptors (Lipinski definition) is 4. The van der Waals surface area contributed by atoms with Crippen molar-refractivity contribution in [3.63, 3.8) is 0 Å². The molecule has 1 saturated carbocycles. The largest absolute Gasteiger partial charge is 0.352 e. The second-order valence-electron chi connectivity index (χ2n) is 9.16. The first-order chi connectivity index (χ1) is 17.1. The van der Waals surface area contributed by atoms with Gasteiger partial charge in [-0.15, -0.1) is 0 Å². The minimum absolute atomic E-state index is 0.0356. The van der Waals surface area contributed by atoms with Crippen molar-refractivity contribution in [1.29, 1.82) is 0 Å². The minimum atomic E-state index is -3.82. The van der Waals surface area contributed by atoms with Crippen LogP contribution in [-0.2, 0) is 26.2 Å². The molecule has 3 rings (SSSR count). The molecule has 0 unspecified atom stereocenters. The van der Waals surface area contributed by atoms with Crippen molar-refractivity contribution < 1.29 is 22.4 Å². The van der Waals surface area contributed by atoms with Gasteiger partial charge in [0.2, 0.25) is 21.8 Å². The fraction of sp³-hybridized carbons (Fsp3) is 0.462. The van der Waals surface area contributed by atoms with Crippen molar-refractivity contribution in [2.75, 3.05) is 17.1 Å². The zero-order chi connectivity index (χ0) is 26.3. The Bertz CT molecular complexity index is 1140. The van der Waals surface area contributed by atoms with Gasteiger partial charge in [0.15, 0.2) is 0 Å². The number of carbonyl (C=O) groups is 2. The van der Waals surface area contributed by atoms with E-state index in [0.29, 0.717) is 17.0 Å². The smallest absolute Gasteiger partial charge is 0.244 e. The normalized spacial score (nSPS) is 15.2. The van der Waals surface area contributed by atoms with Crippen LogP contribution in [0.15, 0.2) is 48.5 Å². The molecular formula is C26H33ClFN3O4S. The third-order valence-electron chi connectivity index (χ3n) is 6.40. The summed E-state index contributed by atoms with van der Waals surface area (Å²) in [6, 6.07) is 11.1. The maximum atomic E-state index is 13.6. The van der Waals surface area contributed by atoms with Crippen molar-refractivity contribution in [3.05, 3.63) is 64.9 Å². The van der Waals surface area contributed by atoms with Crippen LogP contribution in [0.25, 0.3) is 0 Å². The molecule has 196 valence electrons. The van der Waals surface area contributed by atoms with E-state index in [1.165, 1.54) is 29.2 Å². The summed E-state index contributed by atoms with van der Waals surface area (Å²) in [6.07, 6.45) is 6.39. The number of halogens is 2. The van der Waals surface area contributed by atoms with E-state index in [2.05, 4.69) is 5.32 Å². The van der Waals surface area contributed by atoms with E-state index < -0.39 is 34.3 Å². The van der Waals surface area contributed by atoms with Crippen LogP contribution in [0.1, 0.15) is 51.0 Å². The van der Waals surface area contributed by atoms with Crippen LogP contribution in [0.2, 0.25) is 5.02 Å². The summed E-state index contributed by atoms with van der Waals surface area (Å²) < 4.78 is 39.7. The highest BCUT2D eigenvalue weighted by molar-refractivity contribution is 7.92. The molecule has 0 bridgehead atoms. The van der Waals surface area contributed by atoms with Gasteiger partial charge in [-0.1, -0.05) is 49.9 Å². The fourth-order valence-corrected chi connectivity index (χ4v) is 5.45. The molecule has 0 heterocycles. The number of nitrogens with zero attached hydrogens (tertiary/aromatic N) is 2. The second kappa shape index (κ2) is 12.5. The van der Waals surface area contributed by atoms with Crippen molar-refractivity contribution in [1.82, 2.24) is 10.2 Å². The van der Waals surface area contributed by atoms with Crippen LogP contribution >= 0.6 is 11.6 Å². The highest BCUT2D eigenvalue weighted by Gasteiger charge is 2.32. The number of sulfonamides is 1. The molecule has 2 aromatic carbocycles. The lowest BCUT2D eigenvalue weighted by Gasteiger charge is -2.34. The van der Waals surface area contributed by atoms with E-state index in [-0.39, 0.29) is 24.2 Å². The molecule has 10 heteroatoms. The number of benzene rings is 2. The number of amides is 2. The first-order valence-corrected chi connectivity index (χ1v) is 14.4. The van der Waals surface area contributed by atoms with Crippen LogP contribution in [-0.4, -0.2) is 50.0 Å². The number of carbonyl (C=O) groups excluding carboxylic acids is 2. The zero-order valence-corrected chi connectivity index (χ0v) is 22.2. The Labute approximate surface area is 217 Å². The molecule has 0 spiro atoms. The van der Waals surface area contributed by atoms with Crippen LogP contribution < -0.4 is 9.62 Å². The predicted octanol–water partition coefficient (Wildman–Crippen LogP) is 4.50. The standard InChI is InChI=1S/C26H33ClFN3O4S/c1-3-24(26(33)29-22-7-5-4-6-8-22)30(17-19-9-13-21(28)14-10-19)25(32)18-31(36(2,34)35)23-15-11-20(27)12-16-23/h9-16,22,24H,3-8,17-18H2,1-2H3,(H,29,33)/t24-/m0/s1. The molecule has 1 aliphatic carbocycles. The predicted molar refractivity (Wildman–Crippen MR) is 140 cm³/mol. The lowest BCUT2D eigenvalue weighted by Crippen LogP contribution is -2.53. The summed E-state index contributed by atoms with van der Waals surface area (Å²) in [4.78, 5) is 28.3. The molecule has 1 aliphatic rings. The summed E-state index contributed by atoms with van der Waals surface area (Å²) in [7, 11) is -3.82. The fourth-order valence-electron chi connectivity index (χ4n) is 4.47. The molecule has 2 aromatic rings. The summed E-state index contributed by atoms with van der Waals surface area (Å²) >= 11 is 5.95. The Morgan fingerprint density at radius 2 is 1.67 bits per heavy atom. The van der Waals surface area contributed by atoms with Gasteiger partial charge >= 0.3 is 0 Å². The van der Waals surface area contributed by atoms with E-state index in [4.69, 9.17) is 11.6 Å². The van der Waals surface area contributed by atoms with Crippen LogP contribution in [0.5, 0.6) is 0 Å². The van der Waals surface area contributed by atoms with Crippen molar-refractivity contribution >= 4 is 39.1 Å². The van der Waals surface area contributed by atoms with Crippen LogP contribution in [0, 0.1) is 5.82 Å². The average molecular weight is 538 g/mol. The van der Waals surface area contributed by atoms with Gasteiger partial charge in [-0.2, -0.15) is 0 Å². The summed E-state index contributed by atoms with van der Waals surface area (Å²) in [6.45, 7) is 1.35. The maximum absolute atomic E-state index is 13.6. The van der Waals surface area contributed by atoms with Gasteiger partial charge in [0, 0.05) is 17.6 Å². The number of nitrogens with one attached hydrogen (secondary N) is 1. The van der Waals surface area contributed by atoms with E-state index in [1.54, 1.807) is 24.3 Å². The van der Waals surface area contributed by atoms with Gasteiger partial charge in [-0.05, 0) is 61.2 Å². The van der Waals surface area contributed by atoms with E-state index >= 15 is 0 Å². The first kappa shape index (κ1) is 27.9.